The van der Waals surface area contributed by atoms with Gasteiger partial charge >= 0.3 is 0 Å². The molecular weight excluding hydrogens is 366 g/mol. The van der Waals surface area contributed by atoms with Crippen LogP contribution in [0.3, 0.4) is 0 Å². The van der Waals surface area contributed by atoms with Crippen LogP contribution in [0.2, 0.25) is 0 Å². The summed E-state index contributed by atoms with van der Waals surface area (Å²) in [5, 5.41) is 9.24. The zero-order valence-electron chi connectivity index (χ0n) is 14.5. The highest BCUT2D eigenvalue weighted by molar-refractivity contribution is 7.12. The Bertz CT molecular complexity index is 966. The van der Waals surface area contributed by atoms with Crippen molar-refractivity contribution in [3.8, 4) is 5.13 Å². The van der Waals surface area contributed by atoms with Crippen molar-refractivity contribution in [2.24, 2.45) is 5.73 Å². The Morgan fingerprint density at radius 2 is 2.00 bits per heavy atom. The number of primary amides is 1. The third-order valence-corrected chi connectivity index (χ3v) is 4.61. The van der Waals surface area contributed by atoms with E-state index in [1.807, 2.05) is 18.2 Å². The highest BCUT2D eigenvalue weighted by atomic mass is 32.1. The van der Waals surface area contributed by atoms with Crippen LogP contribution in [-0.4, -0.2) is 38.4 Å². The van der Waals surface area contributed by atoms with Gasteiger partial charge in [-0.2, -0.15) is 5.10 Å². The molecule has 2 aromatic heterocycles. The van der Waals surface area contributed by atoms with Gasteiger partial charge in [0.15, 0.2) is 5.69 Å². The minimum Gasteiger partial charge on any atom is -0.363 e. The number of amides is 2. The standard InChI is InChI=1S/C18H17N5O3S/c1-11-9-14(22-23(11)18-20-7-8-27-18)17(26)21-13(15(24)16(19)25)10-12-5-3-2-4-6-12/h2-9,13H,10H2,1H3,(H2,19,25)(H,21,26). The third kappa shape index (κ3) is 4.26. The molecule has 0 saturated heterocycles. The van der Waals surface area contributed by atoms with Crippen molar-refractivity contribution < 1.29 is 14.4 Å². The fourth-order valence-electron chi connectivity index (χ4n) is 2.56. The molecule has 3 aromatic rings. The Labute approximate surface area is 159 Å². The maximum atomic E-state index is 12.6. The van der Waals surface area contributed by atoms with E-state index in [9.17, 15) is 14.4 Å². The number of benzene rings is 1. The van der Waals surface area contributed by atoms with Crippen molar-refractivity contribution in [1.82, 2.24) is 20.1 Å². The smallest absolute Gasteiger partial charge is 0.287 e. The summed E-state index contributed by atoms with van der Waals surface area (Å²) in [7, 11) is 0. The zero-order valence-corrected chi connectivity index (χ0v) is 15.3. The van der Waals surface area contributed by atoms with Crippen LogP contribution in [0.15, 0.2) is 48.0 Å². The molecule has 0 bridgehead atoms. The molecule has 0 fully saturated rings. The van der Waals surface area contributed by atoms with E-state index in [0.29, 0.717) is 5.13 Å². The zero-order chi connectivity index (χ0) is 19.4. The predicted molar refractivity (Wildman–Crippen MR) is 99.6 cm³/mol. The van der Waals surface area contributed by atoms with Gasteiger partial charge in [0.1, 0.15) is 6.04 Å². The maximum Gasteiger partial charge on any atom is 0.287 e. The molecule has 0 aliphatic carbocycles. The Hall–Kier alpha value is -3.33. The molecule has 8 nitrogen and oxygen atoms in total. The second kappa shape index (κ2) is 7.92. The Morgan fingerprint density at radius 1 is 1.26 bits per heavy atom. The summed E-state index contributed by atoms with van der Waals surface area (Å²) in [6.07, 6.45) is 1.79. The number of rotatable bonds is 7. The number of aryl methyl sites for hydroxylation is 1. The van der Waals surface area contributed by atoms with Crippen molar-refractivity contribution in [3.05, 3.63) is 64.9 Å². The van der Waals surface area contributed by atoms with Crippen LogP contribution < -0.4 is 11.1 Å². The summed E-state index contributed by atoms with van der Waals surface area (Å²) in [6.45, 7) is 1.79. The van der Waals surface area contributed by atoms with Gasteiger partial charge in [-0.25, -0.2) is 9.67 Å². The van der Waals surface area contributed by atoms with Crippen molar-refractivity contribution in [3.63, 3.8) is 0 Å². The number of ketones is 1. The minimum absolute atomic E-state index is 0.123. The van der Waals surface area contributed by atoms with E-state index in [4.69, 9.17) is 5.73 Å². The van der Waals surface area contributed by atoms with E-state index in [-0.39, 0.29) is 12.1 Å². The molecule has 1 unspecified atom stereocenters. The predicted octanol–water partition coefficient (Wildman–Crippen LogP) is 1.03. The molecule has 9 heteroatoms. The lowest BCUT2D eigenvalue weighted by atomic mass is 10.0. The van der Waals surface area contributed by atoms with Gasteiger partial charge in [-0.3, -0.25) is 14.4 Å². The number of hydrogen-bond donors (Lipinski definition) is 2. The molecule has 3 N–H and O–H groups in total. The summed E-state index contributed by atoms with van der Waals surface area (Å²) in [5.74, 6) is -2.52. The second-order valence-corrected chi connectivity index (χ2v) is 6.71. The van der Waals surface area contributed by atoms with Gasteiger partial charge in [0.2, 0.25) is 10.9 Å². The Morgan fingerprint density at radius 3 is 2.63 bits per heavy atom. The largest absolute Gasteiger partial charge is 0.363 e. The van der Waals surface area contributed by atoms with Crippen molar-refractivity contribution in [2.45, 2.75) is 19.4 Å². The fourth-order valence-corrected chi connectivity index (χ4v) is 3.21. The topological polar surface area (TPSA) is 120 Å². The van der Waals surface area contributed by atoms with Crippen LogP contribution in [0, 0.1) is 6.92 Å². The van der Waals surface area contributed by atoms with Gasteiger partial charge in [-0.1, -0.05) is 30.3 Å². The van der Waals surface area contributed by atoms with Crippen LogP contribution in [-0.2, 0) is 16.0 Å². The van der Waals surface area contributed by atoms with Crippen molar-refractivity contribution >= 4 is 28.9 Å². The number of carbonyl (C=O) groups excluding carboxylic acids is 3. The van der Waals surface area contributed by atoms with Crippen molar-refractivity contribution in [1.29, 1.82) is 0 Å². The van der Waals surface area contributed by atoms with Gasteiger partial charge in [0, 0.05) is 23.7 Å². The number of hydrogen-bond acceptors (Lipinski definition) is 6. The highest BCUT2D eigenvalue weighted by Crippen LogP contribution is 2.14. The summed E-state index contributed by atoms with van der Waals surface area (Å²) < 4.78 is 1.54. The maximum absolute atomic E-state index is 12.6. The molecule has 1 atom stereocenters. The Balaban J connectivity index is 1.81. The SMILES string of the molecule is Cc1cc(C(=O)NC(Cc2ccccc2)C(=O)C(N)=O)nn1-c1nccs1. The van der Waals surface area contributed by atoms with Gasteiger partial charge in [-0.15, -0.1) is 11.3 Å². The van der Waals surface area contributed by atoms with E-state index in [0.717, 1.165) is 11.3 Å². The van der Waals surface area contributed by atoms with Crippen LogP contribution in [0.4, 0.5) is 0 Å². The van der Waals surface area contributed by atoms with E-state index in [1.54, 1.807) is 41.4 Å². The summed E-state index contributed by atoms with van der Waals surface area (Å²) in [4.78, 5) is 40.3. The number of aromatic nitrogens is 3. The number of nitrogens with one attached hydrogen (secondary N) is 1. The summed E-state index contributed by atoms with van der Waals surface area (Å²) in [6, 6.07) is 9.57. The normalized spacial score (nSPS) is 11.7. The number of thiazole rings is 1. The molecule has 2 amide bonds. The average molecular weight is 383 g/mol. The first-order valence-corrected chi connectivity index (χ1v) is 8.98. The van der Waals surface area contributed by atoms with E-state index >= 15 is 0 Å². The lowest BCUT2D eigenvalue weighted by Gasteiger charge is -2.15. The first kappa shape index (κ1) is 18.5. The molecule has 2 heterocycles. The van der Waals surface area contributed by atoms with E-state index < -0.39 is 23.6 Å². The van der Waals surface area contributed by atoms with E-state index in [1.165, 1.54) is 11.3 Å². The van der Waals surface area contributed by atoms with Crippen molar-refractivity contribution in [2.75, 3.05) is 0 Å². The summed E-state index contributed by atoms with van der Waals surface area (Å²) >= 11 is 1.38. The van der Waals surface area contributed by atoms with Gasteiger partial charge < -0.3 is 11.1 Å². The van der Waals surface area contributed by atoms with Crippen LogP contribution in [0.25, 0.3) is 5.13 Å². The van der Waals surface area contributed by atoms with Crippen LogP contribution >= 0.6 is 11.3 Å². The molecular formula is C18H17N5O3S. The Kier molecular flexibility index (Phi) is 5.41. The molecule has 0 aliphatic heterocycles. The average Bonchev–Trinajstić information content (AvgIpc) is 3.30. The van der Waals surface area contributed by atoms with Gasteiger partial charge in [-0.05, 0) is 18.6 Å². The molecule has 1 aromatic carbocycles. The lowest BCUT2D eigenvalue weighted by molar-refractivity contribution is -0.137. The molecule has 138 valence electrons. The molecule has 0 aliphatic rings. The number of carbonyl (C=O) groups is 3. The molecule has 0 radical (unpaired) electrons. The molecule has 0 saturated carbocycles. The monoisotopic (exact) mass is 383 g/mol. The number of nitrogens with two attached hydrogens (primary N) is 1. The van der Waals surface area contributed by atoms with Gasteiger partial charge in [0.05, 0.1) is 0 Å². The molecule has 0 spiro atoms. The van der Waals surface area contributed by atoms with Crippen LogP contribution in [0.5, 0.6) is 0 Å². The minimum atomic E-state index is -1.10. The number of Topliss-reactive ketones (excluding diaryl/α,β-unsaturated/α-hetero) is 1. The quantitative estimate of drug-likeness (QED) is 0.591. The first-order valence-electron chi connectivity index (χ1n) is 8.10. The van der Waals surface area contributed by atoms with Gasteiger partial charge in [0.25, 0.3) is 11.8 Å². The van der Waals surface area contributed by atoms with Crippen LogP contribution in [0.1, 0.15) is 21.7 Å². The first-order chi connectivity index (χ1) is 13.0. The molecule has 3 rings (SSSR count). The van der Waals surface area contributed by atoms with E-state index in [2.05, 4.69) is 15.4 Å². The fraction of sp³-hybridized carbons (Fsp3) is 0.167. The molecule has 27 heavy (non-hydrogen) atoms. The third-order valence-electron chi connectivity index (χ3n) is 3.87. The second-order valence-electron chi connectivity index (χ2n) is 5.84. The number of nitrogens with zero attached hydrogens (tertiary/aromatic N) is 3. The lowest BCUT2D eigenvalue weighted by Crippen LogP contribution is -2.47. The highest BCUT2D eigenvalue weighted by Gasteiger charge is 2.27. The summed E-state index contributed by atoms with van der Waals surface area (Å²) in [5.41, 5.74) is 6.77.